The molecule has 1 heterocycles. The quantitative estimate of drug-likeness (QED) is 0.488. The summed E-state index contributed by atoms with van der Waals surface area (Å²) in [4.78, 5) is 16.2. The maximum atomic E-state index is 11.9. The number of anilines is 2. The maximum absolute atomic E-state index is 11.9. The Balaban J connectivity index is 1.46. The Morgan fingerprint density at radius 1 is 1.04 bits per heavy atom. The van der Waals surface area contributed by atoms with E-state index in [1.165, 1.54) is 0 Å². The highest BCUT2D eigenvalue weighted by molar-refractivity contribution is 6.30. The molecule has 0 radical (unpaired) electrons. The van der Waals surface area contributed by atoms with Gasteiger partial charge in [-0.1, -0.05) is 29.8 Å². The summed E-state index contributed by atoms with van der Waals surface area (Å²) in [6.45, 7) is 0.471. The minimum atomic E-state index is -0.222. The fourth-order valence-corrected chi connectivity index (χ4v) is 2.22. The molecule has 0 aliphatic heterocycles. The Labute approximate surface area is 149 Å². The van der Waals surface area contributed by atoms with E-state index in [0.717, 1.165) is 11.4 Å². The molecule has 0 spiro atoms. The number of nitrogens with zero attached hydrogens (tertiary/aromatic N) is 2. The molecule has 0 aliphatic carbocycles. The van der Waals surface area contributed by atoms with Gasteiger partial charge in [0.25, 0.3) is 0 Å². The van der Waals surface area contributed by atoms with Crippen LogP contribution in [0, 0.1) is 0 Å². The third kappa shape index (κ3) is 5.22. The summed E-state index contributed by atoms with van der Waals surface area (Å²) < 4.78 is 0. The first-order valence-corrected chi connectivity index (χ1v) is 8.06. The lowest BCUT2D eigenvalue weighted by Gasteiger charge is -2.06. The summed E-state index contributed by atoms with van der Waals surface area (Å²) in [5, 5.41) is 10.7. The van der Waals surface area contributed by atoms with Crippen molar-refractivity contribution in [1.82, 2.24) is 20.6 Å². The van der Waals surface area contributed by atoms with Gasteiger partial charge in [-0.3, -0.25) is 20.7 Å². The van der Waals surface area contributed by atoms with Crippen LogP contribution in [0.25, 0.3) is 0 Å². The van der Waals surface area contributed by atoms with Crippen LogP contribution >= 0.6 is 11.6 Å². The van der Waals surface area contributed by atoms with E-state index in [9.17, 15) is 4.79 Å². The number of nitrogens with one attached hydrogen (secondary N) is 4. The van der Waals surface area contributed by atoms with Crippen LogP contribution in [0.1, 0.15) is 11.6 Å². The van der Waals surface area contributed by atoms with E-state index in [1.807, 2.05) is 42.5 Å². The smallest absolute Gasteiger partial charge is 0.246 e. The number of H-pyrrole nitrogens is 1. The van der Waals surface area contributed by atoms with Gasteiger partial charge in [-0.15, -0.1) is 0 Å². The Hall–Kier alpha value is -3.06. The third-order valence-electron chi connectivity index (χ3n) is 3.32. The molecule has 0 bridgehead atoms. The van der Waals surface area contributed by atoms with Crippen LogP contribution in [0.4, 0.5) is 11.4 Å². The number of carbonyl (C=O) groups excluding carboxylic acids is 1. The molecule has 1 aromatic heterocycles. The van der Waals surface area contributed by atoms with Gasteiger partial charge in [-0.05, 0) is 36.4 Å². The van der Waals surface area contributed by atoms with Crippen molar-refractivity contribution in [2.45, 2.75) is 13.0 Å². The summed E-state index contributed by atoms with van der Waals surface area (Å²) in [7, 11) is 0. The second-order valence-electron chi connectivity index (χ2n) is 5.27. The minimum absolute atomic E-state index is 0.0806. The molecule has 7 nitrogen and oxygen atoms in total. The zero-order chi connectivity index (χ0) is 17.5. The number of hydrogen-bond acceptors (Lipinski definition) is 5. The van der Waals surface area contributed by atoms with E-state index in [-0.39, 0.29) is 12.3 Å². The molecule has 0 unspecified atom stereocenters. The minimum Gasteiger partial charge on any atom is -0.378 e. The van der Waals surface area contributed by atoms with Gasteiger partial charge in [-0.2, -0.15) is 5.10 Å². The van der Waals surface area contributed by atoms with E-state index < -0.39 is 0 Å². The normalized spacial score (nSPS) is 10.3. The van der Waals surface area contributed by atoms with Gasteiger partial charge < -0.3 is 5.32 Å². The van der Waals surface area contributed by atoms with Crippen LogP contribution in [0.3, 0.4) is 0 Å². The molecule has 2 aromatic carbocycles. The standard InChI is InChI=1S/C17H17ClN6O/c18-12-6-8-13(9-7-12)19-11-16-20-15(22-23-16)10-17(25)24-21-14-4-2-1-3-5-14/h1-9,19,21H,10-11H2,(H,24,25)(H,20,22,23). The lowest BCUT2D eigenvalue weighted by Crippen LogP contribution is -2.31. The van der Waals surface area contributed by atoms with E-state index in [1.54, 1.807) is 12.1 Å². The second kappa shape index (κ2) is 8.16. The Morgan fingerprint density at radius 2 is 1.80 bits per heavy atom. The summed E-state index contributed by atoms with van der Waals surface area (Å²) in [5.74, 6) is 0.856. The third-order valence-corrected chi connectivity index (χ3v) is 3.57. The van der Waals surface area contributed by atoms with E-state index >= 15 is 0 Å². The van der Waals surface area contributed by atoms with Crippen LogP contribution < -0.4 is 16.2 Å². The monoisotopic (exact) mass is 356 g/mol. The molecule has 25 heavy (non-hydrogen) atoms. The highest BCUT2D eigenvalue weighted by Gasteiger charge is 2.09. The van der Waals surface area contributed by atoms with Gasteiger partial charge in [0, 0.05) is 10.7 Å². The number of carbonyl (C=O) groups is 1. The topological polar surface area (TPSA) is 94.7 Å². The molecule has 0 saturated carbocycles. The van der Waals surface area contributed by atoms with Crippen molar-refractivity contribution < 1.29 is 4.79 Å². The second-order valence-corrected chi connectivity index (χ2v) is 5.71. The number of aromatic nitrogens is 3. The van der Waals surface area contributed by atoms with Crippen molar-refractivity contribution in [3.63, 3.8) is 0 Å². The van der Waals surface area contributed by atoms with Crippen LogP contribution in [0.5, 0.6) is 0 Å². The van der Waals surface area contributed by atoms with Gasteiger partial charge in [0.05, 0.1) is 18.7 Å². The van der Waals surface area contributed by atoms with Crippen LogP contribution in [-0.4, -0.2) is 21.1 Å². The highest BCUT2D eigenvalue weighted by atomic mass is 35.5. The van der Waals surface area contributed by atoms with Gasteiger partial charge in [0.1, 0.15) is 5.82 Å². The fraction of sp³-hybridized carbons (Fsp3) is 0.118. The van der Waals surface area contributed by atoms with Crippen molar-refractivity contribution >= 4 is 28.9 Å². The van der Waals surface area contributed by atoms with Crippen molar-refractivity contribution in [3.8, 4) is 0 Å². The molecular weight excluding hydrogens is 340 g/mol. The summed E-state index contributed by atoms with van der Waals surface area (Å²) in [6, 6.07) is 16.7. The molecule has 4 N–H and O–H groups in total. The number of hydrazine groups is 1. The van der Waals surface area contributed by atoms with Crippen molar-refractivity contribution in [2.24, 2.45) is 0 Å². The predicted octanol–water partition coefficient (Wildman–Crippen LogP) is 2.76. The molecule has 3 aromatic rings. The first-order chi connectivity index (χ1) is 12.2. The number of amides is 1. The summed E-state index contributed by atoms with van der Waals surface area (Å²) >= 11 is 5.85. The largest absolute Gasteiger partial charge is 0.378 e. The fourth-order valence-electron chi connectivity index (χ4n) is 2.10. The number of hydrogen-bond donors (Lipinski definition) is 4. The number of halogens is 1. The van der Waals surface area contributed by atoms with Crippen molar-refractivity contribution in [3.05, 3.63) is 71.3 Å². The van der Waals surface area contributed by atoms with Gasteiger partial charge in [0.15, 0.2) is 5.82 Å². The molecular formula is C17H17ClN6O. The van der Waals surface area contributed by atoms with Crippen molar-refractivity contribution in [2.75, 3.05) is 10.7 Å². The molecule has 0 saturated heterocycles. The average Bonchev–Trinajstić information content (AvgIpc) is 3.08. The highest BCUT2D eigenvalue weighted by Crippen LogP contribution is 2.13. The lowest BCUT2D eigenvalue weighted by atomic mass is 10.3. The predicted molar refractivity (Wildman–Crippen MR) is 97.1 cm³/mol. The maximum Gasteiger partial charge on any atom is 0.246 e. The Kier molecular flexibility index (Phi) is 5.48. The molecule has 3 rings (SSSR count). The van der Waals surface area contributed by atoms with Gasteiger partial charge in [0.2, 0.25) is 5.91 Å². The Bertz CT molecular complexity index is 819. The summed E-state index contributed by atoms with van der Waals surface area (Å²) in [6.07, 6.45) is 0.0806. The van der Waals surface area contributed by atoms with Gasteiger partial charge in [-0.25, -0.2) is 4.98 Å². The van der Waals surface area contributed by atoms with Crippen LogP contribution in [-0.2, 0) is 17.8 Å². The molecule has 8 heteroatoms. The van der Waals surface area contributed by atoms with E-state index in [0.29, 0.717) is 23.2 Å². The lowest BCUT2D eigenvalue weighted by molar-refractivity contribution is -0.120. The molecule has 1 amide bonds. The van der Waals surface area contributed by atoms with Gasteiger partial charge >= 0.3 is 0 Å². The molecule has 0 aliphatic rings. The van der Waals surface area contributed by atoms with Crippen molar-refractivity contribution in [1.29, 1.82) is 0 Å². The number of rotatable bonds is 7. The average molecular weight is 357 g/mol. The molecule has 0 fully saturated rings. The Morgan fingerprint density at radius 3 is 2.56 bits per heavy atom. The summed E-state index contributed by atoms with van der Waals surface area (Å²) in [5.41, 5.74) is 7.17. The first kappa shape index (κ1) is 16.8. The number of benzene rings is 2. The van der Waals surface area contributed by atoms with Crippen LogP contribution in [0.15, 0.2) is 54.6 Å². The van der Waals surface area contributed by atoms with E-state index in [4.69, 9.17) is 11.6 Å². The zero-order valence-electron chi connectivity index (χ0n) is 13.3. The zero-order valence-corrected chi connectivity index (χ0v) is 14.0. The van der Waals surface area contributed by atoms with Crippen LogP contribution in [0.2, 0.25) is 5.02 Å². The number of para-hydroxylation sites is 1. The molecule has 0 atom stereocenters. The van der Waals surface area contributed by atoms with E-state index in [2.05, 4.69) is 31.3 Å². The first-order valence-electron chi connectivity index (χ1n) is 7.68. The number of aromatic amines is 1. The SMILES string of the molecule is O=C(Cc1n[nH]c(CNc2ccc(Cl)cc2)n1)NNc1ccccc1. The molecule has 128 valence electrons.